The van der Waals surface area contributed by atoms with E-state index in [9.17, 15) is 9.59 Å². The lowest BCUT2D eigenvalue weighted by atomic mass is 9.76. The zero-order chi connectivity index (χ0) is 19.3. The first-order valence-corrected chi connectivity index (χ1v) is 13.2. The molecular formula is C20H29NO3SSi. The van der Waals surface area contributed by atoms with E-state index in [2.05, 4.69) is 39.2 Å². The number of fused-ring (bicyclic) bond motifs is 1. The van der Waals surface area contributed by atoms with Crippen molar-refractivity contribution in [1.82, 2.24) is 5.32 Å². The van der Waals surface area contributed by atoms with Gasteiger partial charge in [0.1, 0.15) is 0 Å². The second kappa shape index (κ2) is 6.80. The van der Waals surface area contributed by atoms with Gasteiger partial charge in [-0.2, -0.15) is 0 Å². The number of hydrogen-bond donors (Lipinski definition) is 1. The summed E-state index contributed by atoms with van der Waals surface area (Å²) in [7, 11) is -1.97. The lowest BCUT2D eigenvalue weighted by Crippen LogP contribution is -2.67. The van der Waals surface area contributed by atoms with Crippen LogP contribution in [0.5, 0.6) is 0 Å². The maximum Gasteiger partial charge on any atom is 0.228 e. The number of β-lactam (4-membered cyclic amide) rings is 1. The van der Waals surface area contributed by atoms with Crippen molar-refractivity contribution < 1.29 is 14.0 Å². The summed E-state index contributed by atoms with van der Waals surface area (Å²) in [4.78, 5) is 26.3. The average molecular weight is 392 g/mol. The predicted octanol–water partition coefficient (Wildman–Crippen LogP) is 4.12. The van der Waals surface area contributed by atoms with Gasteiger partial charge in [-0.05, 0) is 31.1 Å². The van der Waals surface area contributed by atoms with Crippen LogP contribution in [0, 0.1) is 11.8 Å². The minimum Gasteiger partial charge on any atom is -0.413 e. The number of carbonyl (C=O) groups excluding carboxylic acids is 2. The van der Waals surface area contributed by atoms with Gasteiger partial charge in [0.2, 0.25) is 5.91 Å². The number of ketones is 1. The van der Waals surface area contributed by atoms with Crippen LogP contribution in [0.2, 0.25) is 18.1 Å². The van der Waals surface area contributed by atoms with Crippen molar-refractivity contribution in [3.05, 3.63) is 29.8 Å². The van der Waals surface area contributed by atoms with Gasteiger partial charge < -0.3 is 9.74 Å². The van der Waals surface area contributed by atoms with E-state index >= 15 is 0 Å². The van der Waals surface area contributed by atoms with Crippen LogP contribution in [0.4, 0.5) is 0 Å². The van der Waals surface area contributed by atoms with E-state index in [0.717, 1.165) is 10.5 Å². The van der Waals surface area contributed by atoms with Gasteiger partial charge in [0.15, 0.2) is 14.1 Å². The lowest BCUT2D eigenvalue weighted by molar-refractivity contribution is -0.141. The summed E-state index contributed by atoms with van der Waals surface area (Å²) in [6.45, 7) is 13.0. The third kappa shape index (κ3) is 3.39. The molecule has 1 N–H and O–H groups in total. The van der Waals surface area contributed by atoms with Crippen molar-refractivity contribution >= 4 is 31.8 Å². The highest BCUT2D eigenvalue weighted by Gasteiger charge is 2.52. The zero-order valence-electron chi connectivity index (χ0n) is 16.5. The second-order valence-corrected chi connectivity index (χ2v) is 14.7. The first-order chi connectivity index (χ1) is 12.0. The number of carbonyl (C=O) groups is 2. The van der Waals surface area contributed by atoms with Gasteiger partial charge in [-0.3, -0.25) is 9.59 Å². The molecule has 0 aromatic heterocycles. The van der Waals surface area contributed by atoms with Crippen molar-refractivity contribution in [2.45, 2.75) is 62.9 Å². The van der Waals surface area contributed by atoms with E-state index < -0.39 is 8.32 Å². The fourth-order valence-electron chi connectivity index (χ4n) is 3.51. The Kier molecular flexibility index (Phi) is 5.14. The molecule has 0 spiro atoms. The van der Waals surface area contributed by atoms with Crippen LogP contribution in [-0.2, 0) is 9.22 Å². The summed E-state index contributed by atoms with van der Waals surface area (Å²) in [5, 5.41) is 3.08. The molecule has 0 radical (unpaired) electrons. The lowest BCUT2D eigenvalue weighted by Gasteiger charge is -2.48. The molecule has 26 heavy (non-hydrogen) atoms. The Morgan fingerprint density at radius 1 is 1.23 bits per heavy atom. The highest BCUT2D eigenvalue weighted by molar-refractivity contribution is 7.99. The molecule has 142 valence electrons. The van der Waals surface area contributed by atoms with Crippen LogP contribution in [0.25, 0.3) is 0 Å². The molecule has 4 nitrogen and oxygen atoms in total. The van der Waals surface area contributed by atoms with Crippen LogP contribution in [0.3, 0.4) is 0 Å². The molecule has 4 atom stereocenters. The Hall–Kier alpha value is -1.11. The van der Waals surface area contributed by atoms with Crippen LogP contribution < -0.4 is 5.32 Å². The molecule has 3 rings (SSSR count). The fourth-order valence-corrected chi connectivity index (χ4v) is 6.15. The molecule has 1 fully saturated rings. The average Bonchev–Trinajstić information content (AvgIpc) is 2.52. The zero-order valence-corrected chi connectivity index (χ0v) is 18.3. The molecule has 0 unspecified atom stereocenters. The molecule has 1 amide bonds. The first kappa shape index (κ1) is 19.6. The van der Waals surface area contributed by atoms with Crippen molar-refractivity contribution in [3.8, 4) is 0 Å². The highest BCUT2D eigenvalue weighted by atomic mass is 32.2. The Balaban J connectivity index is 1.76. The largest absolute Gasteiger partial charge is 0.413 e. The molecule has 1 aromatic carbocycles. The Labute approximate surface area is 161 Å². The van der Waals surface area contributed by atoms with Gasteiger partial charge >= 0.3 is 0 Å². The number of amides is 1. The van der Waals surface area contributed by atoms with Gasteiger partial charge in [-0.15, -0.1) is 11.8 Å². The van der Waals surface area contributed by atoms with Crippen molar-refractivity contribution in [2.24, 2.45) is 11.8 Å². The third-order valence-electron chi connectivity index (χ3n) is 6.13. The minimum atomic E-state index is -1.97. The van der Waals surface area contributed by atoms with Crippen LogP contribution >= 0.6 is 11.8 Å². The van der Waals surface area contributed by atoms with Gasteiger partial charge in [0.25, 0.3) is 0 Å². The van der Waals surface area contributed by atoms with Gasteiger partial charge in [0, 0.05) is 16.2 Å². The van der Waals surface area contributed by atoms with E-state index in [1.54, 1.807) is 11.8 Å². The molecular weight excluding hydrogens is 362 g/mol. The molecule has 1 saturated heterocycles. The third-order valence-corrected chi connectivity index (χ3v) is 11.9. The first-order valence-electron chi connectivity index (χ1n) is 9.27. The topological polar surface area (TPSA) is 55.4 Å². The summed E-state index contributed by atoms with van der Waals surface area (Å²) in [6, 6.07) is 7.62. The van der Waals surface area contributed by atoms with Crippen molar-refractivity contribution in [3.63, 3.8) is 0 Å². The Bertz CT molecular complexity index is 728. The number of Topliss-reactive ketones (excluding diaryl/α,β-unsaturated/α-hetero) is 1. The number of nitrogens with one attached hydrogen (secondary N) is 1. The van der Waals surface area contributed by atoms with Gasteiger partial charge in [0.05, 0.1) is 24.0 Å². The van der Waals surface area contributed by atoms with Crippen molar-refractivity contribution in [2.75, 3.05) is 5.75 Å². The summed E-state index contributed by atoms with van der Waals surface area (Å²) in [5.74, 6) is 0.447. The van der Waals surface area contributed by atoms with Crippen LogP contribution in [0.15, 0.2) is 29.2 Å². The smallest absolute Gasteiger partial charge is 0.228 e. The standard InChI is InChI=1S/C20H29NO3SSi/c1-12(24-26(5,6)20(2,3)4)16-17(21-19(16)23)14-11-25-15-10-8-7-9-13(15)18(14)22/h7-10,12,14,16-17H,11H2,1-6H3,(H,21,23)/t12-,14-,16-,17+/m1/s1. The highest BCUT2D eigenvalue weighted by Crippen LogP contribution is 2.42. The Morgan fingerprint density at radius 3 is 2.50 bits per heavy atom. The van der Waals surface area contributed by atoms with Crippen LogP contribution in [0.1, 0.15) is 38.1 Å². The maximum absolute atomic E-state index is 13.0. The van der Waals surface area contributed by atoms with Crippen LogP contribution in [-0.4, -0.2) is 37.9 Å². The van der Waals surface area contributed by atoms with Crippen molar-refractivity contribution in [1.29, 1.82) is 0 Å². The number of thioether (sulfide) groups is 1. The second-order valence-electron chi connectivity index (χ2n) is 8.92. The predicted molar refractivity (Wildman–Crippen MR) is 108 cm³/mol. The normalized spacial score (nSPS) is 27.4. The summed E-state index contributed by atoms with van der Waals surface area (Å²) in [5.41, 5.74) is 0.784. The molecule has 1 aromatic rings. The Morgan fingerprint density at radius 2 is 1.88 bits per heavy atom. The minimum absolute atomic E-state index is 0.0119. The van der Waals surface area contributed by atoms with Gasteiger partial charge in [-0.1, -0.05) is 39.0 Å². The van der Waals surface area contributed by atoms with E-state index in [1.807, 2.05) is 31.2 Å². The summed E-state index contributed by atoms with van der Waals surface area (Å²) in [6.07, 6.45) is -0.176. The quantitative estimate of drug-likeness (QED) is 0.620. The maximum atomic E-state index is 13.0. The van der Waals surface area contributed by atoms with E-state index in [-0.39, 0.29) is 40.7 Å². The summed E-state index contributed by atoms with van der Waals surface area (Å²) >= 11 is 1.71. The molecule has 0 bridgehead atoms. The van der Waals surface area contributed by atoms with E-state index in [1.165, 1.54) is 0 Å². The summed E-state index contributed by atoms with van der Waals surface area (Å²) < 4.78 is 6.46. The van der Waals surface area contributed by atoms with E-state index in [0.29, 0.717) is 5.75 Å². The van der Waals surface area contributed by atoms with E-state index in [4.69, 9.17) is 4.43 Å². The molecule has 0 aliphatic carbocycles. The molecule has 2 aliphatic rings. The fraction of sp³-hybridized carbons (Fsp3) is 0.600. The monoisotopic (exact) mass is 391 g/mol. The van der Waals surface area contributed by atoms with Gasteiger partial charge in [-0.25, -0.2) is 0 Å². The molecule has 2 aliphatic heterocycles. The number of rotatable bonds is 4. The number of hydrogen-bond acceptors (Lipinski definition) is 4. The SMILES string of the molecule is C[C@@H](O[Si](C)(C)C(C)(C)C)[C@H]1C(=O)N[C@H]1[C@H]1CSc2ccccc2C1=O. The molecule has 0 saturated carbocycles. The molecule has 6 heteroatoms. The molecule has 2 heterocycles. The number of benzene rings is 1.